The van der Waals surface area contributed by atoms with Crippen molar-refractivity contribution in [1.82, 2.24) is 5.43 Å². The van der Waals surface area contributed by atoms with Crippen LogP contribution in [0.1, 0.15) is 22.0 Å². The minimum Gasteiger partial charge on any atom is -0.271 e. The summed E-state index contributed by atoms with van der Waals surface area (Å²) in [5.41, 5.74) is 5.49. The van der Waals surface area contributed by atoms with Gasteiger partial charge in [0.05, 0.1) is 6.04 Å². The maximum absolute atomic E-state index is 5.73. The molecule has 2 rings (SSSR count). The molecule has 0 spiro atoms. The molecule has 3 N–H and O–H groups in total. The molecule has 0 saturated heterocycles. The third-order valence-electron chi connectivity index (χ3n) is 2.88. The molecule has 0 saturated carbocycles. The lowest BCUT2D eigenvalue weighted by molar-refractivity contribution is 0.552. The van der Waals surface area contributed by atoms with E-state index in [1.165, 1.54) is 19.6 Å². The van der Waals surface area contributed by atoms with Crippen LogP contribution in [-0.4, -0.2) is 0 Å². The van der Waals surface area contributed by atoms with Gasteiger partial charge in [0.1, 0.15) is 0 Å². The SMILES string of the molecule is Cc1cccc(C(Cc2sccc2Br)NN)c1I. The third-order valence-corrected chi connectivity index (χ3v) is 6.30. The summed E-state index contributed by atoms with van der Waals surface area (Å²) in [7, 11) is 0. The average Bonchev–Trinajstić information content (AvgIpc) is 2.76. The number of hydrogen-bond donors (Lipinski definition) is 2. The zero-order valence-electron chi connectivity index (χ0n) is 9.91. The Balaban J connectivity index is 2.29. The van der Waals surface area contributed by atoms with Gasteiger partial charge < -0.3 is 0 Å². The Labute approximate surface area is 133 Å². The van der Waals surface area contributed by atoms with E-state index in [0.717, 1.165) is 10.9 Å². The van der Waals surface area contributed by atoms with Gasteiger partial charge in [0, 0.05) is 19.3 Å². The van der Waals surface area contributed by atoms with E-state index in [1.807, 2.05) is 0 Å². The first-order valence-corrected chi connectivity index (χ1v) is 8.31. The first-order valence-electron chi connectivity index (χ1n) is 5.56. The number of hydrazine groups is 1. The molecule has 0 aliphatic rings. The van der Waals surface area contributed by atoms with Crippen molar-refractivity contribution in [2.45, 2.75) is 19.4 Å². The summed E-state index contributed by atoms with van der Waals surface area (Å²) in [5.74, 6) is 5.73. The van der Waals surface area contributed by atoms with Gasteiger partial charge in [-0.1, -0.05) is 18.2 Å². The molecular weight excluding hydrogens is 423 g/mol. The number of hydrogen-bond acceptors (Lipinski definition) is 3. The second-order valence-electron chi connectivity index (χ2n) is 4.09. The number of nitrogens with one attached hydrogen (secondary N) is 1. The Morgan fingerprint density at radius 3 is 2.83 bits per heavy atom. The maximum Gasteiger partial charge on any atom is 0.0519 e. The molecular formula is C13H14BrIN2S. The number of benzene rings is 1. The van der Waals surface area contributed by atoms with E-state index in [1.54, 1.807) is 11.3 Å². The zero-order chi connectivity index (χ0) is 13.1. The highest BCUT2D eigenvalue weighted by molar-refractivity contribution is 14.1. The maximum atomic E-state index is 5.73. The zero-order valence-corrected chi connectivity index (χ0v) is 14.5. The van der Waals surface area contributed by atoms with Gasteiger partial charge in [0.25, 0.3) is 0 Å². The van der Waals surface area contributed by atoms with Gasteiger partial charge in [-0.15, -0.1) is 11.3 Å². The van der Waals surface area contributed by atoms with Crippen LogP contribution in [0.15, 0.2) is 34.1 Å². The second-order valence-corrected chi connectivity index (χ2v) is 7.03. The summed E-state index contributed by atoms with van der Waals surface area (Å²) in [5, 5.41) is 2.09. The molecule has 0 aliphatic carbocycles. The largest absolute Gasteiger partial charge is 0.271 e. The Kier molecular flexibility index (Phi) is 5.20. The standard InChI is InChI=1S/C13H14BrIN2S/c1-8-3-2-4-9(13(8)15)11(17-16)7-12-10(14)5-6-18-12/h2-6,11,17H,7,16H2,1H3. The molecule has 96 valence electrons. The molecule has 1 unspecified atom stereocenters. The Bertz CT molecular complexity index is 542. The normalized spacial score (nSPS) is 12.7. The van der Waals surface area contributed by atoms with Gasteiger partial charge in [0.15, 0.2) is 0 Å². The highest BCUT2D eigenvalue weighted by Gasteiger charge is 2.16. The summed E-state index contributed by atoms with van der Waals surface area (Å²) in [4.78, 5) is 1.32. The molecule has 18 heavy (non-hydrogen) atoms. The Morgan fingerprint density at radius 1 is 1.44 bits per heavy atom. The van der Waals surface area contributed by atoms with Crippen LogP contribution in [0.25, 0.3) is 0 Å². The van der Waals surface area contributed by atoms with Crippen LogP contribution in [0.5, 0.6) is 0 Å². The van der Waals surface area contributed by atoms with Crippen molar-refractivity contribution in [2.75, 3.05) is 0 Å². The van der Waals surface area contributed by atoms with Gasteiger partial charge >= 0.3 is 0 Å². The number of aryl methyl sites for hydroxylation is 1. The van der Waals surface area contributed by atoms with Gasteiger partial charge in [-0.25, -0.2) is 0 Å². The van der Waals surface area contributed by atoms with Crippen molar-refractivity contribution >= 4 is 49.9 Å². The molecule has 0 bridgehead atoms. The van der Waals surface area contributed by atoms with E-state index in [9.17, 15) is 0 Å². The molecule has 1 aromatic heterocycles. The summed E-state index contributed by atoms with van der Waals surface area (Å²) >= 11 is 7.71. The van der Waals surface area contributed by atoms with E-state index in [-0.39, 0.29) is 6.04 Å². The van der Waals surface area contributed by atoms with Gasteiger partial charge in [0.2, 0.25) is 0 Å². The lowest BCUT2D eigenvalue weighted by Gasteiger charge is -2.18. The summed E-state index contributed by atoms with van der Waals surface area (Å²) in [6.45, 7) is 2.12. The highest BCUT2D eigenvalue weighted by atomic mass is 127. The molecule has 1 heterocycles. The van der Waals surface area contributed by atoms with Crippen LogP contribution in [-0.2, 0) is 6.42 Å². The van der Waals surface area contributed by atoms with Gasteiger partial charge in [-0.3, -0.25) is 11.3 Å². The highest BCUT2D eigenvalue weighted by Crippen LogP contribution is 2.30. The molecule has 5 heteroatoms. The van der Waals surface area contributed by atoms with E-state index in [2.05, 4.69) is 80.5 Å². The van der Waals surface area contributed by atoms with Crippen molar-refractivity contribution in [2.24, 2.45) is 5.84 Å². The van der Waals surface area contributed by atoms with E-state index in [0.29, 0.717) is 0 Å². The lowest BCUT2D eigenvalue weighted by atomic mass is 10.0. The lowest BCUT2D eigenvalue weighted by Crippen LogP contribution is -2.30. The molecule has 0 aliphatic heterocycles. The summed E-state index contributed by atoms with van der Waals surface area (Å²) in [6.07, 6.45) is 0.897. The monoisotopic (exact) mass is 436 g/mol. The predicted octanol–water partition coefficient (Wildman–Crippen LogP) is 4.17. The minimum absolute atomic E-state index is 0.145. The minimum atomic E-state index is 0.145. The van der Waals surface area contributed by atoms with Crippen molar-refractivity contribution < 1.29 is 0 Å². The Hall–Kier alpha value is 0.0500. The number of thiophene rings is 1. The molecule has 2 aromatic rings. The molecule has 0 fully saturated rings. The first kappa shape index (κ1) is 14.5. The van der Waals surface area contributed by atoms with Crippen LogP contribution in [0.2, 0.25) is 0 Å². The number of rotatable bonds is 4. The fourth-order valence-corrected chi connectivity index (χ4v) is 4.15. The van der Waals surface area contributed by atoms with Crippen molar-refractivity contribution in [3.05, 3.63) is 53.7 Å². The first-order chi connectivity index (χ1) is 8.63. The van der Waals surface area contributed by atoms with Crippen LogP contribution >= 0.6 is 49.9 Å². The van der Waals surface area contributed by atoms with E-state index >= 15 is 0 Å². The molecule has 0 radical (unpaired) electrons. The van der Waals surface area contributed by atoms with Crippen molar-refractivity contribution in [3.63, 3.8) is 0 Å². The van der Waals surface area contributed by atoms with Crippen LogP contribution in [0, 0.1) is 10.5 Å². The van der Waals surface area contributed by atoms with Gasteiger partial charge in [-0.05, 0) is 68.0 Å². The van der Waals surface area contributed by atoms with E-state index in [4.69, 9.17) is 5.84 Å². The quantitative estimate of drug-likeness (QED) is 0.428. The van der Waals surface area contributed by atoms with Crippen molar-refractivity contribution in [1.29, 1.82) is 0 Å². The molecule has 2 nitrogen and oxygen atoms in total. The Morgan fingerprint density at radius 2 is 2.22 bits per heavy atom. The number of nitrogens with two attached hydrogens (primary N) is 1. The number of halogens is 2. The average molecular weight is 437 g/mol. The van der Waals surface area contributed by atoms with E-state index < -0.39 is 0 Å². The predicted molar refractivity (Wildman–Crippen MR) is 89.7 cm³/mol. The van der Waals surface area contributed by atoms with Crippen LogP contribution < -0.4 is 11.3 Å². The third kappa shape index (κ3) is 3.14. The topological polar surface area (TPSA) is 38.0 Å². The molecule has 0 amide bonds. The smallest absolute Gasteiger partial charge is 0.0519 e. The molecule has 1 atom stereocenters. The van der Waals surface area contributed by atoms with Crippen LogP contribution in [0.3, 0.4) is 0 Å². The molecule has 1 aromatic carbocycles. The van der Waals surface area contributed by atoms with Crippen molar-refractivity contribution in [3.8, 4) is 0 Å². The van der Waals surface area contributed by atoms with Gasteiger partial charge in [-0.2, -0.15) is 0 Å². The second kappa shape index (κ2) is 6.47. The fourth-order valence-electron chi connectivity index (χ4n) is 1.85. The van der Waals surface area contributed by atoms with Crippen LogP contribution in [0.4, 0.5) is 0 Å². The summed E-state index contributed by atoms with van der Waals surface area (Å²) in [6, 6.07) is 8.57. The fraction of sp³-hybridized carbons (Fsp3) is 0.231. The summed E-state index contributed by atoms with van der Waals surface area (Å²) < 4.78 is 2.45.